The molecule has 0 atom stereocenters. The van der Waals surface area contributed by atoms with E-state index in [2.05, 4.69) is 9.98 Å². The third-order valence-corrected chi connectivity index (χ3v) is 2.82. The van der Waals surface area contributed by atoms with E-state index in [9.17, 15) is 9.18 Å². The van der Waals surface area contributed by atoms with Gasteiger partial charge in [0, 0.05) is 11.8 Å². The van der Waals surface area contributed by atoms with E-state index in [0.717, 1.165) is 5.69 Å². The molecule has 0 saturated carbocycles. The molecule has 1 amide bonds. The van der Waals surface area contributed by atoms with Gasteiger partial charge in [-0.2, -0.15) is 0 Å². The molecule has 2 aromatic rings. The standard InChI is InChI=1S/C12H9FN4O/c13-8-1-2-9-7(3-8)4-15-5-10-11(12(14)18)16-6-17(9)10/h1-4,6H,5H2,(H2,14,18). The average Bonchev–Trinajstić information content (AvgIpc) is 2.66. The van der Waals surface area contributed by atoms with Crippen LogP contribution in [0.4, 0.5) is 4.39 Å². The predicted molar refractivity (Wildman–Crippen MR) is 63.3 cm³/mol. The highest BCUT2D eigenvalue weighted by Gasteiger charge is 2.19. The molecule has 0 spiro atoms. The van der Waals surface area contributed by atoms with Crippen molar-refractivity contribution < 1.29 is 9.18 Å². The van der Waals surface area contributed by atoms with Crippen LogP contribution in [0.2, 0.25) is 0 Å². The molecule has 2 heterocycles. The first kappa shape index (κ1) is 10.6. The van der Waals surface area contributed by atoms with Crippen molar-refractivity contribution in [3.05, 3.63) is 47.3 Å². The Balaban J connectivity index is 2.27. The third-order valence-electron chi connectivity index (χ3n) is 2.82. The predicted octanol–water partition coefficient (Wildman–Crippen LogP) is 1.04. The first-order valence-corrected chi connectivity index (χ1v) is 5.32. The number of hydrogen-bond donors (Lipinski definition) is 1. The highest BCUT2D eigenvalue weighted by Crippen LogP contribution is 2.22. The Labute approximate surface area is 102 Å². The number of hydrogen-bond acceptors (Lipinski definition) is 3. The number of nitrogens with zero attached hydrogens (tertiary/aromatic N) is 3. The summed E-state index contributed by atoms with van der Waals surface area (Å²) in [6.07, 6.45) is 3.08. The molecule has 1 aliphatic heterocycles. The van der Waals surface area contributed by atoms with Crippen molar-refractivity contribution in [3.8, 4) is 5.69 Å². The molecule has 18 heavy (non-hydrogen) atoms. The van der Waals surface area contributed by atoms with Crippen molar-refractivity contribution in [1.29, 1.82) is 0 Å². The number of amides is 1. The second-order valence-corrected chi connectivity index (χ2v) is 3.95. The highest BCUT2D eigenvalue weighted by atomic mass is 19.1. The molecule has 0 radical (unpaired) electrons. The number of primary amides is 1. The van der Waals surface area contributed by atoms with Crippen LogP contribution in [0, 0.1) is 5.82 Å². The van der Waals surface area contributed by atoms with Gasteiger partial charge in [-0.1, -0.05) is 0 Å². The maximum Gasteiger partial charge on any atom is 0.269 e. The second kappa shape index (κ2) is 3.76. The van der Waals surface area contributed by atoms with Crippen molar-refractivity contribution >= 4 is 12.1 Å². The Morgan fingerprint density at radius 3 is 3.06 bits per heavy atom. The lowest BCUT2D eigenvalue weighted by Crippen LogP contribution is -2.14. The quantitative estimate of drug-likeness (QED) is 0.814. The van der Waals surface area contributed by atoms with Crippen LogP contribution >= 0.6 is 0 Å². The van der Waals surface area contributed by atoms with E-state index < -0.39 is 5.91 Å². The van der Waals surface area contributed by atoms with E-state index in [-0.39, 0.29) is 18.1 Å². The van der Waals surface area contributed by atoms with Gasteiger partial charge in [0.2, 0.25) is 0 Å². The Hall–Kier alpha value is -2.50. The number of halogens is 1. The number of rotatable bonds is 1. The van der Waals surface area contributed by atoms with Crippen LogP contribution in [0.5, 0.6) is 0 Å². The minimum absolute atomic E-state index is 0.198. The summed E-state index contributed by atoms with van der Waals surface area (Å²) in [7, 11) is 0. The number of nitrogens with two attached hydrogens (primary N) is 1. The summed E-state index contributed by atoms with van der Waals surface area (Å²) in [6.45, 7) is 0.286. The van der Waals surface area contributed by atoms with E-state index in [1.165, 1.54) is 18.5 Å². The molecule has 5 nitrogen and oxygen atoms in total. The lowest BCUT2D eigenvalue weighted by Gasteiger charge is -2.07. The van der Waals surface area contributed by atoms with Crippen LogP contribution in [0.25, 0.3) is 5.69 Å². The maximum atomic E-state index is 13.2. The largest absolute Gasteiger partial charge is 0.364 e. The summed E-state index contributed by atoms with van der Waals surface area (Å²) < 4.78 is 14.9. The fraction of sp³-hybridized carbons (Fsp3) is 0.0833. The molecule has 0 unspecified atom stereocenters. The Kier molecular flexibility index (Phi) is 2.22. The van der Waals surface area contributed by atoms with Gasteiger partial charge in [-0.05, 0) is 18.2 Å². The molecule has 0 bridgehead atoms. The van der Waals surface area contributed by atoms with Gasteiger partial charge in [0.1, 0.15) is 12.1 Å². The molecule has 2 N–H and O–H groups in total. The van der Waals surface area contributed by atoms with E-state index in [4.69, 9.17) is 5.73 Å². The second-order valence-electron chi connectivity index (χ2n) is 3.95. The molecular weight excluding hydrogens is 235 g/mol. The van der Waals surface area contributed by atoms with Crippen molar-refractivity contribution in [2.45, 2.75) is 6.54 Å². The number of imidazole rings is 1. The van der Waals surface area contributed by atoms with Crippen molar-refractivity contribution in [2.24, 2.45) is 10.7 Å². The number of fused-ring (bicyclic) bond motifs is 3. The Morgan fingerprint density at radius 2 is 2.28 bits per heavy atom. The van der Waals surface area contributed by atoms with Crippen molar-refractivity contribution in [1.82, 2.24) is 9.55 Å². The Bertz CT molecular complexity index is 675. The van der Waals surface area contributed by atoms with E-state index in [1.54, 1.807) is 16.8 Å². The monoisotopic (exact) mass is 244 g/mol. The smallest absolute Gasteiger partial charge is 0.269 e. The third kappa shape index (κ3) is 1.50. The Morgan fingerprint density at radius 1 is 1.44 bits per heavy atom. The van der Waals surface area contributed by atoms with E-state index in [1.807, 2.05) is 0 Å². The van der Waals surface area contributed by atoms with Gasteiger partial charge < -0.3 is 5.73 Å². The highest BCUT2D eigenvalue weighted by molar-refractivity contribution is 5.93. The minimum Gasteiger partial charge on any atom is -0.364 e. The van der Waals surface area contributed by atoms with Crippen molar-refractivity contribution in [2.75, 3.05) is 0 Å². The summed E-state index contributed by atoms with van der Waals surface area (Å²) in [5, 5.41) is 0. The zero-order valence-corrected chi connectivity index (χ0v) is 9.30. The maximum absolute atomic E-state index is 13.2. The number of aromatic nitrogens is 2. The van der Waals surface area contributed by atoms with Gasteiger partial charge in [0.05, 0.1) is 17.9 Å². The van der Waals surface area contributed by atoms with Gasteiger partial charge in [-0.3, -0.25) is 14.4 Å². The molecule has 0 aliphatic carbocycles. The molecule has 1 aromatic heterocycles. The van der Waals surface area contributed by atoms with Gasteiger partial charge in [-0.25, -0.2) is 9.37 Å². The molecular formula is C12H9FN4O. The van der Waals surface area contributed by atoms with Crippen molar-refractivity contribution in [3.63, 3.8) is 0 Å². The molecule has 0 saturated heterocycles. The van der Waals surface area contributed by atoms with Crippen LogP contribution in [-0.4, -0.2) is 21.7 Å². The lowest BCUT2D eigenvalue weighted by atomic mass is 10.2. The van der Waals surface area contributed by atoms with Gasteiger partial charge in [-0.15, -0.1) is 0 Å². The SMILES string of the molecule is NC(=O)c1ncn2c1CN=Cc1cc(F)ccc1-2. The van der Waals surface area contributed by atoms with Crippen LogP contribution in [-0.2, 0) is 6.54 Å². The number of benzene rings is 1. The van der Waals surface area contributed by atoms with Gasteiger partial charge in [0.25, 0.3) is 5.91 Å². The molecule has 90 valence electrons. The molecule has 1 aromatic carbocycles. The normalized spacial score (nSPS) is 12.7. The molecule has 3 rings (SSSR count). The van der Waals surface area contributed by atoms with Crippen LogP contribution in [0.1, 0.15) is 21.7 Å². The summed E-state index contributed by atoms with van der Waals surface area (Å²) >= 11 is 0. The number of aliphatic imine (C=N–C) groups is 1. The molecule has 6 heteroatoms. The zero-order valence-electron chi connectivity index (χ0n) is 9.30. The molecule has 0 fully saturated rings. The fourth-order valence-electron chi connectivity index (χ4n) is 2.02. The summed E-state index contributed by atoms with van der Waals surface area (Å²) in [6, 6.07) is 4.36. The first-order valence-electron chi connectivity index (χ1n) is 5.32. The van der Waals surface area contributed by atoms with Gasteiger partial charge in [0.15, 0.2) is 5.69 Å². The zero-order chi connectivity index (χ0) is 12.7. The van der Waals surface area contributed by atoms with Crippen LogP contribution < -0.4 is 5.73 Å². The first-order chi connectivity index (χ1) is 8.66. The van der Waals surface area contributed by atoms with Gasteiger partial charge >= 0.3 is 0 Å². The number of carbonyl (C=O) groups excluding carboxylic acids is 1. The lowest BCUT2D eigenvalue weighted by molar-refractivity contribution is 0.0995. The van der Waals surface area contributed by atoms with E-state index >= 15 is 0 Å². The van der Waals surface area contributed by atoms with Crippen LogP contribution in [0.3, 0.4) is 0 Å². The summed E-state index contributed by atoms with van der Waals surface area (Å²) in [5.74, 6) is -0.927. The topological polar surface area (TPSA) is 73.3 Å². The fourth-order valence-corrected chi connectivity index (χ4v) is 2.02. The minimum atomic E-state index is -0.593. The summed E-state index contributed by atoms with van der Waals surface area (Å²) in [4.78, 5) is 19.4. The number of carbonyl (C=O) groups is 1. The van der Waals surface area contributed by atoms with E-state index in [0.29, 0.717) is 11.3 Å². The average molecular weight is 244 g/mol. The molecule has 1 aliphatic rings. The summed E-state index contributed by atoms with van der Waals surface area (Å²) in [5.41, 5.74) is 7.43. The van der Waals surface area contributed by atoms with Crippen LogP contribution in [0.15, 0.2) is 29.5 Å².